The quantitative estimate of drug-likeness (QED) is 0.416. The zero-order valence-corrected chi connectivity index (χ0v) is 18.6. The van der Waals surface area contributed by atoms with Crippen LogP contribution in [0.25, 0.3) is 27.7 Å². The standard InChI is InChI=1S/C24H23N9O/c1-16-21(14-27-30-16)17-2-3-18-13-25-23(29-22(18)12-17)28-19-4-6-20(7-5-19)33-15-26-24(31-33)32-8-10-34-11-9-32/h2-7,12-15H,8-11H2,1H3,(H,27,30)(H,25,28,29). The van der Waals surface area contributed by atoms with Gasteiger partial charge in [-0.3, -0.25) is 5.10 Å². The Balaban J connectivity index is 1.20. The van der Waals surface area contributed by atoms with Crippen LogP contribution in [0, 0.1) is 6.92 Å². The molecular weight excluding hydrogens is 430 g/mol. The Morgan fingerprint density at radius 3 is 2.65 bits per heavy atom. The van der Waals surface area contributed by atoms with Crippen molar-refractivity contribution in [2.45, 2.75) is 6.92 Å². The summed E-state index contributed by atoms with van der Waals surface area (Å²) in [6.07, 6.45) is 5.39. The first-order chi connectivity index (χ1) is 16.7. The van der Waals surface area contributed by atoms with Gasteiger partial charge >= 0.3 is 0 Å². The number of aromatic amines is 1. The molecule has 3 aromatic heterocycles. The number of hydrogen-bond donors (Lipinski definition) is 2. The second-order valence-electron chi connectivity index (χ2n) is 8.14. The smallest absolute Gasteiger partial charge is 0.245 e. The maximum atomic E-state index is 5.40. The molecule has 34 heavy (non-hydrogen) atoms. The lowest BCUT2D eigenvalue weighted by Gasteiger charge is -2.25. The van der Waals surface area contributed by atoms with Crippen molar-refractivity contribution < 1.29 is 4.74 Å². The van der Waals surface area contributed by atoms with E-state index in [1.165, 1.54) is 0 Å². The number of fused-ring (bicyclic) bond motifs is 1. The second-order valence-corrected chi connectivity index (χ2v) is 8.14. The fourth-order valence-electron chi connectivity index (χ4n) is 4.01. The highest BCUT2D eigenvalue weighted by atomic mass is 16.5. The summed E-state index contributed by atoms with van der Waals surface area (Å²) in [5, 5.41) is 16.0. The van der Waals surface area contributed by atoms with Crippen molar-refractivity contribution >= 4 is 28.5 Å². The molecule has 4 heterocycles. The Hall–Kier alpha value is -4.31. The molecule has 1 aliphatic heterocycles. The van der Waals surface area contributed by atoms with Crippen molar-refractivity contribution in [3.05, 3.63) is 66.9 Å². The first-order valence-corrected chi connectivity index (χ1v) is 11.1. The highest BCUT2D eigenvalue weighted by Crippen LogP contribution is 2.26. The van der Waals surface area contributed by atoms with Crippen molar-refractivity contribution in [2.75, 3.05) is 36.5 Å². The van der Waals surface area contributed by atoms with Crippen molar-refractivity contribution in [3.8, 4) is 16.8 Å². The van der Waals surface area contributed by atoms with Crippen LogP contribution in [0.3, 0.4) is 0 Å². The van der Waals surface area contributed by atoms with Crippen LogP contribution in [0.4, 0.5) is 17.6 Å². The van der Waals surface area contributed by atoms with E-state index in [1.807, 2.05) is 49.6 Å². The summed E-state index contributed by atoms with van der Waals surface area (Å²) in [5.41, 5.74) is 5.84. The predicted molar refractivity (Wildman–Crippen MR) is 130 cm³/mol. The number of nitrogens with one attached hydrogen (secondary N) is 2. The molecule has 0 bridgehead atoms. The van der Waals surface area contributed by atoms with Gasteiger partial charge in [0.05, 0.1) is 30.6 Å². The highest BCUT2D eigenvalue weighted by Gasteiger charge is 2.15. The van der Waals surface area contributed by atoms with Crippen molar-refractivity contribution in [1.82, 2.24) is 34.9 Å². The molecule has 0 radical (unpaired) electrons. The van der Waals surface area contributed by atoms with Crippen LogP contribution >= 0.6 is 0 Å². The largest absolute Gasteiger partial charge is 0.378 e. The van der Waals surface area contributed by atoms with E-state index < -0.39 is 0 Å². The van der Waals surface area contributed by atoms with E-state index in [0.29, 0.717) is 19.2 Å². The third-order valence-electron chi connectivity index (χ3n) is 5.89. The molecule has 10 heteroatoms. The van der Waals surface area contributed by atoms with Gasteiger partial charge in [0.25, 0.3) is 0 Å². The summed E-state index contributed by atoms with van der Waals surface area (Å²) in [5.74, 6) is 1.26. The maximum Gasteiger partial charge on any atom is 0.245 e. The Bertz CT molecular complexity index is 1430. The van der Waals surface area contributed by atoms with Crippen LogP contribution in [0.15, 0.2) is 61.2 Å². The summed E-state index contributed by atoms with van der Waals surface area (Å²) in [4.78, 5) is 15.8. The Labute approximate surface area is 195 Å². The van der Waals surface area contributed by atoms with Crippen molar-refractivity contribution in [1.29, 1.82) is 0 Å². The topological polar surface area (TPSA) is 110 Å². The number of H-pyrrole nitrogens is 1. The molecule has 1 aliphatic rings. The first-order valence-electron chi connectivity index (χ1n) is 11.1. The van der Waals surface area contributed by atoms with Gasteiger partial charge in [0.1, 0.15) is 6.33 Å². The van der Waals surface area contributed by atoms with E-state index >= 15 is 0 Å². The third-order valence-corrected chi connectivity index (χ3v) is 5.89. The molecule has 1 saturated heterocycles. The monoisotopic (exact) mass is 453 g/mol. The van der Waals surface area contributed by atoms with E-state index in [4.69, 9.17) is 9.72 Å². The number of aromatic nitrogens is 7. The lowest BCUT2D eigenvalue weighted by molar-refractivity contribution is 0.122. The molecule has 0 unspecified atom stereocenters. The number of anilines is 3. The van der Waals surface area contributed by atoms with E-state index in [-0.39, 0.29) is 0 Å². The zero-order valence-electron chi connectivity index (χ0n) is 18.6. The van der Waals surface area contributed by atoms with Crippen LogP contribution in [-0.4, -0.2) is 61.2 Å². The molecule has 10 nitrogen and oxygen atoms in total. The van der Waals surface area contributed by atoms with Crippen LogP contribution in [-0.2, 0) is 4.74 Å². The highest BCUT2D eigenvalue weighted by molar-refractivity contribution is 5.85. The lowest BCUT2D eigenvalue weighted by Crippen LogP contribution is -2.37. The molecule has 5 aromatic rings. The van der Waals surface area contributed by atoms with Crippen molar-refractivity contribution in [3.63, 3.8) is 0 Å². The number of benzene rings is 2. The summed E-state index contributed by atoms with van der Waals surface area (Å²) < 4.78 is 7.18. The van der Waals surface area contributed by atoms with E-state index in [0.717, 1.165) is 58.1 Å². The average molecular weight is 454 g/mol. The van der Waals surface area contributed by atoms with Gasteiger partial charge in [0.15, 0.2) is 0 Å². The molecule has 0 saturated carbocycles. The van der Waals surface area contributed by atoms with Gasteiger partial charge in [-0.25, -0.2) is 14.6 Å². The van der Waals surface area contributed by atoms with Crippen LogP contribution < -0.4 is 10.2 Å². The molecule has 2 aromatic carbocycles. The van der Waals surface area contributed by atoms with Crippen molar-refractivity contribution in [2.24, 2.45) is 0 Å². The molecule has 0 atom stereocenters. The summed E-state index contributed by atoms with van der Waals surface area (Å²) >= 11 is 0. The number of aryl methyl sites for hydroxylation is 1. The van der Waals surface area contributed by atoms with Gasteiger partial charge in [-0.1, -0.05) is 12.1 Å². The van der Waals surface area contributed by atoms with Crippen LogP contribution in [0.2, 0.25) is 0 Å². The number of nitrogens with zero attached hydrogens (tertiary/aromatic N) is 7. The molecule has 1 fully saturated rings. The van der Waals surface area contributed by atoms with E-state index in [1.54, 1.807) is 11.0 Å². The number of morpholine rings is 1. The van der Waals surface area contributed by atoms with Gasteiger partial charge in [-0.05, 0) is 42.8 Å². The molecule has 170 valence electrons. The summed E-state index contributed by atoms with van der Waals surface area (Å²) in [6, 6.07) is 14.1. The van der Waals surface area contributed by atoms with E-state index in [2.05, 4.69) is 47.6 Å². The number of ether oxygens (including phenoxy) is 1. The molecule has 2 N–H and O–H groups in total. The zero-order chi connectivity index (χ0) is 22.9. The van der Waals surface area contributed by atoms with Gasteiger partial charge < -0.3 is 15.0 Å². The average Bonchev–Trinajstić information content (AvgIpc) is 3.54. The normalized spacial score (nSPS) is 14.0. The predicted octanol–water partition coefficient (Wildman–Crippen LogP) is 3.49. The molecule has 6 rings (SSSR count). The van der Waals surface area contributed by atoms with Crippen LogP contribution in [0.5, 0.6) is 0 Å². The first kappa shape index (κ1) is 20.3. The van der Waals surface area contributed by atoms with Gasteiger partial charge in [0, 0.05) is 41.6 Å². The summed E-state index contributed by atoms with van der Waals surface area (Å²) in [6.45, 7) is 5.03. The Morgan fingerprint density at radius 2 is 1.85 bits per heavy atom. The lowest BCUT2D eigenvalue weighted by atomic mass is 10.1. The molecular formula is C24H23N9O. The third kappa shape index (κ3) is 3.95. The number of rotatable bonds is 5. The SMILES string of the molecule is Cc1[nH]ncc1-c1ccc2cnc(Nc3ccc(-n4cnc(N5CCOCC5)n4)cc3)nc2c1. The van der Waals surface area contributed by atoms with Gasteiger partial charge in [0.2, 0.25) is 11.9 Å². The van der Waals surface area contributed by atoms with E-state index in [9.17, 15) is 0 Å². The molecule has 0 aliphatic carbocycles. The minimum atomic E-state index is 0.539. The van der Waals surface area contributed by atoms with Gasteiger partial charge in [-0.2, -0.15) is 10.1 Å². The fraction of sp³-hybridized carbons (Fsp3) is 0.208. The molecule has 0 spiro atoms. The number of hydrogen-bond acceptors (Lipinski definition) is 8. The van der Waals surface area contributed by atoms with Crippen LogP contribution in [0.1, 0.15) is 5.69 Å². The Kier molecular flexibility index (Phi) is 5.11. The molecule has 0 amide bonds. The minimum Gasteiger partial charge on any atom is -0.378 e. The maximum absolute atomic E-state index is 5.40. The second kappa shape index (κ2) is 8.56. The minimum absolute atomic E-state index is 0.539. The fourth-order valence-corrected chi connectivity index (χ4v) is 4.01. The Morgan fingerprint density at radius 1 is 1.00 bits per heavy atom. The summed E-state index contributed by atoms with van der Waals surface area (Å²) in [7, 11) is 0. The van der Waals surface area contributed by atoms with Gasteiger partial charge in [-0.15, -0.1) is 5.10 Å².